The average molecular weight is 264 g/mol. The molecule has 0 amide bonds. The predicted octanol–water partition coefficient (Wildman–Crippen LogP) is 3.83. The first-order chi connectivity index (χ1) is 5.18. The van der Waals surface area contributed by atoms with Gasteiger partial charge in [0, 0.05) is 33.0 Å². The van der Waals surface area contributed by atoms with E-state index in [2.05, 4.69) is 6.92 Å². The van der Waals surface area contributed by atoms with Crippen molar-refractivity contribution in [3.63, 3.8) is 0 Å². The summed E-state index contributed by atoms with van der Waals surface area (Å²) in [5.41, 5.74) is 0. The van der Waals surface area contributed by atoms with Crippen molar-refractivity contribution in [2.24, 2.45) is 0 Å². The van der Waals surface area contributed by atoms with Crippen LogP contribution < -0.4 is 0 Å². The van der Waals surface area contributed by atoms with Crippen LogP contribution in [-0.2, 0) is 21.7 Å². The molecule has 0 aromatic rings. The Morgan fingerprint density at radius 3 is 2.08 bits per heavy atom. The molecule has 4 heteroatoms. The van der Waals surface area contributed by atoms with Crippen LogP contribution >= 0.6 is 34.8 Å². The summed E-state index contributed by atoms with van der Waals surface area (Å²) in [4.78, 5) is 0. The van der Waals surface area contributed by atoms with Crippen molar-refractivity contribution in [3.8, 4) is 0 Å². The number of rotatable bonds is 6. The molecule has 0 fully saturated rings. The molecule has 0 aliphatic rings. The van der Waals surface area contributed by atoms with Crippen molar-refractivity contribution >= 4 is 34.8 Å². The Hall–Kier alpha value is 1.58. The molecule has 0 nitrogen and oxygen atoms in total. The molecule has 0 aliphatic heterocycles. The molecule has 0 spiro atoms. The molecular formula is C8H14Cl3Ti-. The van der Waals surface area contributed by atoms with Gasteiger partial charge in [0.25, 0.3) is 0 Å². The minimum Gasteiger partial charge on any atom is -0.324 e. The SMILES string of the molecule is [CH2-]C(Cl)C(Cl)CCCCCCl.[Ti]. The second-order valence-corrected chi connectivity index (χ2v) is 4.07. The van der Waals surface area contributed by atoms with Gasteiger partial charge in [0.05, 0.1) is 0 Å². The maximum atomic E-state index is 5.87. The second kappa shape index (κ2) is 10.7. The Balaban J connectivity index is 0. The zero-order valence-corrected chi connectivity index (χ0v) is 10.9. The van der Waals surface area contributed by atoms with Crippen LogP contribution in [-0.4, -0.2) is 16.6 Å². The van der Waals surface area contributed by atoms with Crippen molar-refractivity contribution in [1.82, 2.24) is 0 Å². The van der Waals surface area contributed by atoms with Crippen LogP contribution in [0.4, 0.5) is 0 Å². The van der Waals surface area contributed by atoms with E-state index < -0.39 is 0 Å². The first kappa shape index (κ1) is 16.0. The standard InChI is InChI=1S/C8H14Cl3.Ti/c1-7(10)8(11)5-3-2-4-6-9;/h7-8H,1-6H2;/q-1;. The molecule has 2 atom stereocenters. The van der Waals surface area contributed by atoms with Crippen LogP contribution in [0.25, 0.3) is 0 Å². The third-order valence-electron chi connectivity index (χ3n) is 1.51. The molecule has 0 aliphatic carbocycles. The topological polar surface area (TPSA) is 0 Å². The van der Waals surface area contributed by atoms with Crippen molar-refractivity contribution in [3.05, 3.63) is 6.92 Å². The number of unbranched alkanes of at least 4 members (excludes halogenated alkanes) is 2. The van der Waals surface area contributed by atoms with Gasteiger partial charge in [-0.2, -0.15) is 11.6 Å². The van der Waals surface area contributed by atoms with Crippen LogP contribution in [0.2, 0.25) is 0 Å². The van der Waals surface area contributed by atoms with Gasteiger partial charge in [-0.05, 0) is 12.8 Å². The maximum absolute atomic E-state index is 5.87. The number of hydrogen-bond acceptors (Lipinski definition) is 0. The summed E-state index contributed by atoms with van der Waals surface area (Å²) in [7, 11) is 0. The fourth-order valence-corrected chi connectivity index (χ4v) is 1.26. The van der Waals surface area contributed by atoms with Crippen LogP contribution in [0.3, 0.4) is 0 Å². The van der Waals surface area contributed by atoms with Gasteiger partial charge in [0.2, 0.25) is 0 Å². The zero-order chi connectivity index (χ0) is 8.69. The van der Waals surface area contributed by atoms with Gasteiger partial charge in [-0.1, -0.05) is 18.2 Å². The summed E-state index contributed by atoms with van der Waals surface area (Å²) in [6.45, 7) is 3.64. The molecule has 0 rings (SSSR count). The third-order valence-corrected chi connectivity index (χ3v) is 2.73. The second-order valence-electron chi connectivity index (χ2n) is 2.57. The summed E-state index contributed by atoms with van der Waals surface area (Å²) < 4.78 is 0. The zero-order valence-electron chi connectivity index (χ0n) is 7.03. The Kier molecular flexibility index (Phi) is 14.2. The molecule has 12 heavy (non-hydrogen) atoms. The van der Waals surface area contributed by atoms with Crippen molar-refractivity contribution in [2.75, 3.05) is 5.88 Å². The molecule has 0 saturated heterocycles. The molecule has 2 unspecified atom stereocenters. The minimum atomic E-state index is -0.173. The summed E-state index contributed by atoms with van der Waals surface area (Å²) in [5, 5.41) is -0.167. The van der Waals surface area contributed by atoms with Crippen molar-refractivity contribution in [1.29, 1.82) is 0 Å². The summed E-state index contributed by atoms with van der Waals surface area (Å²) in [5.74, 6) is 0.738. The van der Waals surface area contributed by atoms with Gasteiger partial charge in [0.1, 0.15) is 0 Å². The van der Waals surface area contributed by atoms with E-state index in [0.717, 1.165) is 31.6 Å². The number of hydrogen-bond donors (Lipinski definition) is 0. The van der Waals surface area contributed by atoms with E-state index in [4.69, 9.17) is 34.8 Å². The fourth-order valence-electron chi connectivity index (χ4n) is 0.791. The molecule has 0 aromatic carbocycles. The van der Waals surface area contributed by atoms with Crippen LogP contribution in [0.15, 0.2) is 0 Å². The quantitative estimate of drug-likeness (QED) is 0.296. The van der Waals surface area contributed by atoms with Crippen molar-refractivity contribution < 1.29 is 21.7 Å². The Morgan fingerprint density at radius 1 is 1.08 bits per heavy atom. The first-order valence-electron chi connectivity index (χ1n) is 3.85. The van der Waals surface area contributed by atoms with Gasteiger partial charge in [-0.15, -0.1) is 23.2 Å². The average Bonchev–Trinajstić information content (AvgIpc) is 1.97. The van der Waals surface area contributed by atoms with E-state index in [1.165, 1.54) is 0 Å². The van der Waals surface area contributed by atoms with Crippen LogP contribution in [0.5, 0.6) is 0 Å². The molecule has 0 heterocycles. The third kappa shape index (κ3) is 9.67. The van der Waals surface area contributed by atoms with Gasteiger partial charge in [0.15, 0.2) is 0 Å². The Labute approximate surface area is 105 Å². The van der Waals surface area contributed by atoms with E-state index in [9.17, 15) is 0 Å². The fraction of sp³-hybridized carbons (Fsp3) is 0.875. The van der Waals surface area contributed by atoms with Gasteiger partial charge in [-0.25, -0.2) is 0 Å². The molecule has 0 saturated carbocycles. The molecule has 72 valence electrons. The summed E-state index contributed by atoms with van der Waals surface area (Å²) in [6, 6.07) is 0. The molecule has 0 bridgehead atoms. The Morgan fingerprint density at radius 2 is 1.67 bits per heavy atom. The van der Waals surface area contributed by atoms with E-state index >= 15 is 0 Å². The summed E-state index contributed by atoms with van der Waals surface area (Å²) in [6.07, 6.45) is 4.24. The van der Waals surface area contributed by atoms with Gasteiger partial charge in [-0.3, -0.25) is 0 Å². The van der Waals surface area contributed by atoms with E-state index in [1.54, 1.807) is 0 Å². The van der Waals surface area contributed by atoms with E-state index in [1.807, 2.05) is 0 Å². The molecular weight excluding hydrogens is 250 g/mol. The summed E-state index contributed by atoms with van der Waals surface area (Å²) >= 11 is 17.0. The van der Waals surface area contributed by atoms with Gasteiger partial charge < -0.3 is 6.92 Å². The van der Waals surface area contributed by atoms with Gasteiger partial charge >= 0.3 is 0 Å². The van der Waals surface area contributed by atoms with Crippen LogP contribution in [0, 0.1) is 6.92 Å². The molecule has 0 aromatic heterocycles. The van der Waals surface area contributed by atoms with Crippen LogP contribution in [0.1, 0.15) is 25.7 Å². The minimum absolute atomic E-state index is 0. The van der Waals surface area contributed by atoms with E-state index in [-0.39, 0.29) is 32.5 Å². The smallest absolute Gasteiger partial charge is 0.0223 e. The predicted molar refractivity (Wildman–Crippen MR) is 53.8 cm³/mol. The molecule has 0 radical (unpaired) electrons. The largest absolute Gasteiger partial charge is 0.324 e. The number of alkyl halides is 3. The monoisotopic (exact) mass is 263 g/mol. The number of halogens is 3. The maximum Gasteiger partial charge on any atom is 0.0223 e. The van der Waals surface area contributed by atoms with Crippen molar-refractivity contribution in [2.45, 2.75) is 36.4 Å². The molecule has 0 N–H and O–H groups in total. The normalized spacial score (nSPS) is 15.0. The van der Waals surface area contributed by atoms with E-state index in [0.29, 0.717) is 0 Å². The Bertz CT molecular complexity index is 88.4. The first-order valence-corrected chi connectivity index (χ1v) is 5.26.